The van der Waals surface area contributed by atoms with Crippen LogP contribution in [0.15, 0.2) is 24.3 Å². The van der Waals surface area contributed by atoms with Crippen molar-refractivity contribution in [2.45, 2.75) is 58.5 Å². The summed E-state index contributed by atoms with van der Waals surface area (Å²) >= 11 is 0. The molecule has 3 unspecified atom stereocenters. The second-order valence-electron chi connectivity index (χ2n) is 6.77. The van der Waals surface area contributed by atoms with Crippen molar-refractivity contribution < 1.29 is 9.84 Å². The van der Waals surface area contributed by atoms with Gasteiger partial charge < -0.3 is 9.84 Å². The Morgan fingerprint density at radius 2 is 2.05 bits per heavy atom. The zero-order valence-electron chi connectivity index (χ0n) is 13.2. The van der Waals surface area contributed by atoms with E-state index in [0.717, 1.165) is 18.6 Å². The molecule has 1 aliphatic rings. The van der Waals surface area contributed by atoms with Gasteiger partial charge in [-0.2, -0.15) is 0 Å². The van der Waals surface area contributed by atoms with Crippen LogP contribution in [0.3, 0.4) is 0 Å². The molecule has 1 N–H and O–H groups in total. The van der Waals surface area contributed by atoms with E-state index in [0.29, 0.717) is 18.4 Å². The zero-order valence-corrected chi connectivity index (χ0v) is 13.2. The predicted octanol–water partition coefficient (Wildman–Crippen LogP) is 4.16. The lowest BCUT2D eigenvalue weighted by molar-refractivity contribution is 0.0143. The number of ether oxygens (including phenoxy) is 1. The van der Waals surface area contributed by atoms with E-state index in [1.165, 1.54) is 12.0 Å². The predicted molar refractivity (Wildman–Crippen MR) is 83.1 cm³/mol. The Balaban J connectivity index is 2.22. The molecule has 0 heterocycles. The van der Waals surface area contributed by atoms with Crippen LogP contribution in [-0.4, -0.2) is 17.8 Å². The lowest BCUT2D eigenvalue weighted by Crippen LogP contribution is -2.41. The van der Waals surface area contributed by atoms with Crippen LogP contribution in [0.1, 0.15) is 52.5 Å². The van der Waals surface area contributed by atoms with Gasteiger partial charge in [-0.1, -0.05) is 39.3 Å². The molecule has 0 spiro atoms. The highest BCUT2D eigenvalue weighted by atomic mass is 16.5. The molecule has 0 radical (unpaired) electrons. The molecular weight excluding hydrogens is 248 g/mol. The summed E-state index contributed by atoms with van der Waals surface area (Å²) in [6, 6.07) is 8.35. The van der Waals surface area contributed by atoms with Crippen molar-refractivity contribution in [2.24, 2.45) is 11.8 Å². The lowest BCUT2D eigenvalue weighted by Gasteiger charge is -2.42. The summed E-state index contributed by atoms with van der Waals surface area (Å²) in [6.07, 6.45) is 3.06. The number of hydrogen-bond acceptors (Lipinski definition) is 2. The van der Waals surface area contributed by atoms with Gasteiger partial charge in [0.1, 0.15) is 5.75 Å². The Hall–Kier alpha value is -1.02. The first-order chi connectivity index (χ1) is 9.45. The van der Waals surface area contributed by atoms with Crippen LogP contribution in [0.4, 0.5) is 0 Å². The largest absolute Gasteiger partial charge is 0.494 e. The van der Waals surface area contributed by atoms with E-state index in [9.17, 15) is 5.11 Å². The van der Waals surface area contributed by atoms with Crippen molar-refractivity contribution in [3.05, 3.63) is 29.8 Å². The summed E-state index contributed by atoms with van der Waals surface area (Å²) in [5, 5.41) is 10.5. The molecule has 2 rings (SSSR count). The van der Waals surface area contributed by atoms with Crippen LogP contribution >= 0.6 is 0 Å². The van der Waals surface area contributed by atoms with Gasteiger partial charge in [0, 0.05) is 0 Å². The van der Waals surface area contributed by atoms with E-state index in [4.69, 9.17) is 4.74 Å². The molecule has 2 heteroatoms. The highest BCUT2D eigenvalue weighted by Gasteiger charge is 2.39. The van der Waals surface area contributed by atoms with Gasteiger partial charge in [-0.15, -0.1) is 0 Å². The molecule has 0 aromatic heterocycles. The van der Waals surface area contributed by atoms with Gasteiger partial charge in [0.15, 0.2) is 0 Å². The summed E-state index contributed by atoms with van der Waals surface area (Å²) in [4.78, 5) is 0. The highest BCUT2D eigenvalue weighted by Crippen LogP contribution is 2.42. The summed E-state index contributed by atoms with van der Waals surface area (Å²) in [5.74, 6) is 1.90. The van der Waals surface area contributed by atoms with Crippen LogP contribution in [0.25, 0.3) is 0 Å². The van der Waals surface area contributed by atoms with E-state index in [1.54, 1.807) is 0 Å². The molecule has 0 bridgehead atoms. The van der Waals surface area contributed by atoms with Gasteiger partial charge in [0.2, 0.25) is 0 Å². The average molecular weight is 276 g/mol. The third kappa shape index (κ3) is 3.17. The molecular formula is C18H28O2. The molecule has 1 aromatic carbocycles. The van der Waals surface area contributed by atoms with Crippen molar-refractivity contribution in [2.75, 3.05) is 6.61 Å². The van der Waals surface area contributed by atoms with Crippen LogP contribution in [0.5, 0.6) is 5.75 Å². The molecule has 0 amide bonds. The van der Waals surface area contributed by atoms with E-state index in [-0.39, 0.29) is 11.5 Å². The fourth-order valence-corrected chi connectivity index (χ4v) is 3.56. The third-order valence-electron chi connectivity index (χ3n) is 4.89. The minimum absolute atomic E-state index is 0.0212. The molecule has 1 aromatic rings. The fraction of sp³-hybridized carbons (Fsp3) is 0.667. The van der Waals surface area contributed by atoms with Crippen molar-refractivity contribution in [1.29, 1.82) is 0 Å². The third-order valence-corrected chi connectivity index (χ3v) is 4.89. The molecule has 2 nitrogen and oxygen atoms in total. The summed E-state index contributed by atoms with van der Waals surface area (Å²) in [7, 11) is 0. The minimum atomic E-state index is -0.190. The number of aliphatic hydroxyl groups excluding tert-OH is 1. The summed E-state index contributed by atoms with van der Waals surface area (Å²) in [6.45, 7) is 9.43. The Bertz CT molecular complexity index is 439. The first-order valence-corrected chi connectivity index (χ1v) is 7.86. The maximum Gasteiger partial charge on any atom is 0.119 e. The topological polar surface area (TPSA) is 29.5 Å². The number of hydrogen-bond donors (Lipinski definition) is 1. The van der Waals surface area contributed by atoms with Gasteiger partial charge in [-0.25, -0.2) is 0 Å². The van der Waals surface area contributed by atoms with Crippen molar-refractivity contribution in [3.8, 4) is 5.75 Å². The molecule has 0 aliphatic heterocycles. The normalized spacial score (nSPS) is 27.4. The Morgan fingerprint density at radius 3 is 2.70 bits per heavy atom. The molecule has 1 aliphatic carbocycles. The smallest absolute Gasteiger partial charge is 0.119 e. The maximum atomic E-state index is 10.5. The van der Waals surface area contributed by atoms with E-state index < -0.39 is 0 Å². The Kier molecular flexibility index (Phi) is 4.74. The number of rotatable bonds is 4. The van der Waals surface area contributed by atoms with Gasteiger partial charge in [-0.3, -0.25) is 0 Å². The monoisotopic (exact) mass is 276 g/mol. The Labute approximate surface area is 123 Å². The van der Waals surface area contributed by atoms with Crippen LogP contribution in [0.2, 0.25) is 0 Å². The highest BCUT2D eigenvalue weighted by molar-refractivity contribution is 5.34. The summed E-state index contributed by atoms with van der Waals surface area (Å²) in [5.41, 5.74) is 1.24. The second-order valence-corrected chi connectivity index (χ2v) is 6.77. The number of aliphatic hydroxyl groups is 1. The quantitative estimate of drug-likeness (QED) is 0.894. The van der Waals surface area contributed by atoms with Gasteiger partial charge in [0.05, 0.1) is 12.7 Å². The molecule has 1 saturated carbocycles. The second kappa shape index (κ2) is 6.17. The summed E-state index contributed by atoms with van der Waals surface area (Å²) < 4.78 is 5.61. The molecule has 1 fully saturated rings. The van der Waals surface area contributed by atoms with Gasteiger partial charge in [0.25, 0.3) is 0 Å². The minimum Gasteiger partial charge on any atom is -0.494 e. The molecule has 0 saturated heterocycles. The standard InChI is InChI=1S/C18H28O2/c1-5-20-15-8-6-7-14(12-15)18(3,4)16-10-9-13(2)11-17(16)19/h6-8,12-13,16-17,19H,5,9-11H2,1-4H3. The SMILES string of the molecule is CCOc1cccc(C(C)(C)C2CCC(C)CC2O)c1. The average Bonchev–Trinajstić information content (AvgIpc) is 2.39. The molecule has 20 heavy (non-hydrogen) atoms. The van der Waals surface area contributed by atoms with Gasteiger partial charge in [-0.05, 0) is 54.7 Å². The van der Waals surface area contributed by atoms with Crippen LogP contribution < -0.4 is 4.74 Å². The van der Waals surface area contributed by atoms with Crippen molar-refractivity contribution >= 4 is 0 Å². The zero-order chi connectivity index (χ0) is 14.8. The number of benzene rings is 1. The van der Waals surface area contributed by atoms with Crippen molar-refractivity contribution in [1.82, 2.24) is 0 Å². The molecule has 3 atom stereocenters. The van der Waals surface area contributed by atoms with Crippen molar-refractivity contribution in [3.63, 3.8) is 0 Å². The Morgan fingerprint density at radius 1 is 1.30 bits per heavy atom. The van der Waals surface area contributed by atoms with Crippen LogP contribution in [-0.2, 0) is 5.41 Å². The first-order valence-electron chi connectivity index (χ1n) is 7.86. The lowest BCUT2D eigenvalue weighted by atomic mass is 9.64. The fourth-order valence-electron chi connectivity index (χ4n) is 3.56. The van der Waals surface area contributed by atoms with Crippen LogP contribution in [0, 0.1) is 11.8 Å². The maximum absolute atomic E-state index is 10.5. The van der Waals surface area contributed by atoms with E-state index >= 15 is 0 Å². The molecule has 112 valence electrons. The van der Waals surface area contributed by atoms with E-state index in [1.807, 2.05) is 13.0 Å². The van der Waals surface area contributed by atoms with Gasteiger partial charge >= 0.3 is 0 Å². The van der Waals surface area contributed by atoms with E-state index in [2.05, 4.69) is 39.0 Å². The first kappa shape index (κ1) is 15.4.